The average molecular weight is 514 g/mol. The third kappa shape index (κ3) is 4.52. The van der Waals surface area contributed by atoms with E-state index in [-0.39, 0.29) is 30.0 Å². The lowest BCUT2D eigenvalue weighted by Crippen LogP contribution is -2.52. The van der Waals surface area contributed by atoms with Crippen LogP contribution in [0.1, 0.15) is 24.1 Å². The maximum Gasteiger partial charge on any atom is 0.264 e. The maximum atomic E-state index is 13.4. The molecular weight excluding hydrogens is 485 g/mol. The van der Waals surface area contributed by atoms with Crippen LogP contribution in [0.25, 0.3) is 16.6 Å². The molecule has 1 fully saturated rings. The summed E-state index contributed by atoms with van der Waals surface area (Å²) in [5, 5.41) is 23.4. The molecule has 12 heteroatoms. The molecule has 0 bridgehead atoms. The van der Waals surface area contributed by atoms with Gasteiger partial charge in [-0.1, -0.05) is 0 Å². The van der Waals surface area contributed by atoms with Crippen LogP contribution >= 0.6 is 0 Å². The van der Waals surface area contributed by atoms with Gasteiger partial charge >= 0.3 is 0 Å². The predicted octanol–water partition coefficient (Wildman–Crippen LogP) is 2.03. The highest BCUT2D eigenvalue weighted by atomic mass is 32.2. The van der Waals surface area contributed by atoms with Gasteiger partial charge in [-0.15, -0.1) is 5.10 Å². The number of fused-ring (bicyclic) bond motifs is 1. The minimum Gasteiger partial charge on any atom is -0.392 e. The minimum absolute atomic E-state index is 0.0829. The fourth-order valence-electron chi connectivity index (χ4n) is 4.79. The number of aliphatic hydroxyl groups excluding tert-OH is 1. The van der Waals surface area contributed by atoms with Crippen molar-refractivity contribution in [3.8, 4) is 5.69 Å². The number of hydrogen-bond donors (Lipinski definition) is 1. The van der Waals surface area contributed by atoms with Crippen LogP contribution in [0.2, 0.25) is 0 Å². The van der Waals surface area contributed by atoms with Crippen molar-refractivity contribution in [1.29, 1.82) is 0 Å². The second kappa shape index (κ2) is 9.36. The van der Waals surface area contributed by atoms with Gasteiger partial charge in [0.05, 0.1) is 29.7 Å². The molecule has 0 spiro atoms. The number of sulfonamides is 1. The van der Waals surface area contributed by atoms with Gasteiger partial charge in [0.15, 0.2) is 0 Å². The number of rotatable bonds is 6. The summed E-state index contributed by atoms with van der Waals surface area (Å²) < 4.78 is 43.2. The fraction of sp³-hybridized carbons (Fsp3) is 0.375. The van der Waals surface area contributed by atoms with E-state index in [1.165, 1.54) is 27.4 Å². The van der Waals surface area contributed by atoms with E-state index in [1.807, 2.05) is 19.1 Å². The van der Waals surface area contributed by atoms with E-state index in [9.17, 15) is 17.9 Å². The highest BCUT2D eigenvalue weighted by Crippen LogP contribution is 2.33. The van der Waals surface area contributed by atoms with Crippen molar-refractivity contribution in [3.05, 3.63) is 65.7 Å². The number of nitrogens with zero attached hydrogens (tertiary/aromatic N) is 7. The van der Waals surface area contributed by atoms with E-state index >= 15 is 0 Å². The normalized spacial score (nSPS) is 18.6. The third-order valence-corrected chi connectivity index (χ3v) is 8.25. The van der Waals surface area contributed by atoms with Crippen LogP contribution in [0.4, 0.5) is 4.39 Å². The van der Waals surface area contributed by atoms with Crippen LogP contribution in [0, 0.1) is 12.7 Å². The Morgan fingerprint density at radius 1 is 1.14 bits per heavy atom. The first-order chi connectivity index (χ1) is 17.1. The largest absolute Gasteiger partial charge is 0.392 e. The molecule has 5 rings (SSSR count). The number of aryl methyl sites for hydroxylation is 2. The molecule has 1 saturated heterocycles. The van der Waals surface area contributed by atoms with Gasteiger partial charge < -0.3 is 5.11 Å². The molecule has 1 aliphatic heterocycles. The molecule has 36 heavy (non-hydrogen) atoms. The molecule has 0 amide bonds. The summed E-state index contributed by atoms with van der Waals surface area (Å²) in [5.41, 5.74) is 3.53. The number of piperazine rings is 1. The number of β-amino-alcohol motifs (C(OH)–C–C–N with tert-alkyl or cyclic N) is 1. The lowest BCUT2D eigenvalue weighted by Gasteiger charge is -2.41. The summed E-state index contributed by atoms with van der Waals surface area (Å²) in [5.74, 6) is -0.315. The van der Waals surface area contributed by atoms with Gasteiger partial charge in [0, 0.05) is 44.7 Å². The van der Waals surface area contributed by atoms with Gasteiger partial charge in [-0.05, 0) is 61.4 Å². The number of aliphatic hydroxyl groups is 1. The van der Waals surface area contributed by atoms with Gasteiger partial charge in [0.1, 0.15) is 5.82 Å². The minimum atomic E-state index is -3.82. The van der Waals surface area contributed by atoms with Crippen LogP contribution < -0.4 is 0 Å². The molecule has 1 aliphatic rings. The Hall–Kier alpha value is -3.19. The number of hydrogen-bond acceptors (Lipinski definition) is 7. The molecule has 0 aliphatic carbocycles. The second-order valence-corrected chi connectivity index (χ2v) is 11.1. The summed E-state index contributed by atoms with van der Waals surface area (Å²) in [6, 6.07) is 9.89. The molecule has 4 aromatic rings. The first-order valence-corrected chi connectivity index (χ1v) is 13.1. The monoisotopic (exact) mass is 513 g/mol. The number of benzene rings is 2. The van der Waals surface area contributed by atoms with E-state index in [1.54, 1.807) is 37.0 Å². The van der Waals surface area contributed by atoms with Gasteiger partial charge in [0.25, 0.3) is 10.0 Å². The molecule has 0 saturated carbocycles. The molecule has 10 nitrogen and oxygen atoms in total. The van der Waals surface area contributed by atoms with Crippen molar-refractivity contribution in [2.75, 3.05) is 26.2 Å². The highest BCUT2D eigenvalue weighted by molar-refractivity contribution is 7.89. The van der Waals surface area contributed by atoms with Crippen molar-refractivity contribution >= 4 is 20.9 Å². The summed E-state index contributed by atoms with van der Waals surface area (Å²) in [4.78, 5) is 3.34. The Morgan fingerprint density at radius 3 is 2.56 bits per heavy atom. The summed E-state index contributed by atoms with van der Waals surface area (Å²) in [6.45, 7) is 5.07. The summed E-state index contributed by atoms with van der Waals surface area (Å²) >= 11 is 0. The van der Waals surface area contributed by atoms with Crippen LogP contribution in [-0.4, -0.2) is 79.8 Å². The Morgan fingerprint density at radius 2 is 1.89 bits per heavy atom. The molecule has 1 N–H and O–H groups in total. The van der Waals surface area contributed by atoms with E-state index < -0.39 is 16.1 Å². The van der Waals surface area contributed by atoms with Crippen molar-refractivity contribution in [2.24, 2.45) is 7.05 Å². The van der Waals surface area contributed by atoms with Crippen molar-refractivity contribution in [1.82, 2.24) is 34.0 Å². The fourth-order valence-corrected chi connectivity index (χ4v) is 6.11. The van der Waals surface area contributed by atoms with E-state index in [0.29, 0.717) is 13.1 Å². The molecule has 2 aromatic heterocycles. The Balaban J connectivity index is 1.53. The molecule has 2 aromatic carbocycles. The highest BCUT2D eigenvalue weighted by Gasteiger charge is 2.37. The van der Waals surface area contributed by atoms with Crippen LogP contribution in [0.15, 0.2) is 53.8 Å². The second-order valence-electron chi connectivity index (χ2n) is 9.20. The zero-order valence-corrected chi connectivity index (χ0v) is 21.1. The predicted molar refractivity (Wildman–Crippen MR) is 132 cm³/mol. The van der Waals surface area contributed by atoms with Gasteiger partial charge in [0.2, 0.25) is 5.03 Å². The molecule has 0 radical (unpaired) electrons. The molecule has 0 unspecified atom stereocenters. The smallest absolute Gasteiger partial charge is 0.264 e. The zero-order chi connectivity index (χ0) is 25.6. The standard InChI is InChI=1S/C24H28FN7O3S/c1-16-10-22-18(12-27-32(22)20-6-4-19(25)5-7-20)11-21(16)23-15-31(9-8-30(23)14-17(2)33)36(34,35)24-13-26-29(3)28-24/h4-7,10-13,17,23,33H,8-9,14-15H2,1-3H3/t17-,23-/m1/s1. The zero-order valence-electron chi connectivity index (χ0n) is 20.3. The van der Waals surface area contributed by atoms with Crippen LogP contribution in [0.3, 0.4) is 0 Å². The molecule has 2 atom stereocenters. The quantitative estimate of drug-likeness (QED) is 0.420. The van der Waals surface area contributed by atoms with Crippen LogP contribution in [0.5, 0.6) is 0 Å². The average Bonchev–Trinajstić information content (AvgIpc) is 3.45. The van der Waals surface area contributed by atoms with Gasteiger partial charge in [-0.3, -0.25) is 4.90 Å². The number of halogens is 1. The van der Waals surface area contributed by atoms with Gasteiger partial charge in [-0.25, -0.2) is 17.5 Å². The summed E-state index contributed by atoms with van der Waals surface area (Å²) in [6.07, 6.45) is 2.44. The van der Waals surface area contributed by atoms with E-state index in [4.69, 9.17) is 0 Å². The first-order valence-electron chi connectivity index (χ1n) is 11.7. The summed E-state index contributed by atoms with van der Waals surface area (Å²) in [7, 11) is -2.25. The Bertz CT molecular complexity index is 1500. The maximum absolute atomic E-state index is 13.4. The topological polar surface area (TPSA) is 109 Å². The van der Waals surface area contributed by atoms with E-state index in [2.05, 4.69) is 20.2 Å². The number of aromatic nitrogens is 5. The van der Waals surface area contributed by atoms with Crippen molar-refractivity contribution in [2.45, 2.75) is 31.0 Å². The van der Waals surface area contributed by atoms with Crippen molar-refractivity contribution < 1.29 is 17.9 Å². The van der Waals surface area contributed by atoms with E-state index in [0.717, 1.165) is 27.7 Å². The molecule has 3 heterocycles. The SMILES string of the molecule is Cc1cc2c(cnn2-c2ccc(F)cc2)cc1[C@H]1CN(S(=O)(=O)c2cnn(C)n2)CCN1C[C@@H](C)O. The molecule has 190 valence electrons. The Kier molecular flexibility index (Phi) is 6.37. The van der Waals surface area contributed by atoms with Crippen molar-refractivity contribution in [3.63, 3.8) is 0 Å². The lowest BCUT2D eigenvalue weighted by atomic mass is 9.96. The molecular formula is C24H28FN7O3S. The third-order valence-electron chi connectivity index (χ3n) is 6.52. The van der Waals surface area contributed by atoms with Crippen LogP contribution in [-0.2, 0) is 17.1 Å². The van der Waals surface area contributed by atoms with Gasteiger partial charge in [-0.2, -0.15) is 19.3 Å². The Labute approximate surface area is 208 Å². The first kappa shape index (κ1) is 24.5. The lowest BCUT2D eigenvalue weighted by molar-refractivity contribution is 0.0623.